The van der Waals surface area contributed by atoms with Crippen molar-refractivity contribution in [1.82, 2.24) is 4.98 Å². The maximum Gasteiger partial charge on any atom is 0.317 e. The van der Waals surface area contributed by atoms with Crippen LogP contribution in [0.5, 0.6) is 0 Å². The Bertz CT molecular complexity index is 489. The third kappa shape index (κ3) is 3.37. The maximum absolute atomic E-state index is 12.0. The van der Waals surface area contributed by atoms with Gasteiger partial charge in [-0.3, -0.25) is 4.79 Å². The summed E-state index contributed by atoms with van der Waals surface area (Å²) in [6.07, 6.45) is 3.39. The number of carbonyl (C=O) groups is 1. The summed E-state index contributed by atoms with van der Waals surface area (Å²) < 4.78 is 10.7. The molecule has 0 saturated heterocycles. The topological polar surface area (TPSA) is 60.5 Å². The smallest absolute Gasteiger partial charge is 0.317 e. The molecule has 5 nitrogen and oxygen atoms in total. The number of carbonyl (C=O) groups excluding carboxylic acids is 1. The highest BCUT2D eigenvalue weighted by Crippen LogP contribution is 2.35. The van der Waals surface area contributed by atoms with Gasteiger partial charge in [-0.25, -0.2) is 4.98 Å². The quantitative estimate of drug-likeness (QED) is 0.784. The van der Waals surface area contributed by atoms with Crippen LogP contribution >= 0.6 is 11.3 Å². The van der Waals surface area contributed by atoms with Crippen molar-refractivity contribution in [1.29, 1.82) is 0 Å². The molecule has 0 aliphatic heterocycles. The van der Waals surface area contributed by atoms with Crippen molar-refractivity contribution in [2.24, 2.45) is 0 Å². The van der Waals surface area contributed by atoms with Gasteiger partial charge in [0.1, 0.15) is 5.41 Å². The molecule has 0 aromatic carbocycles. The van der Waals surface area contributed by atoms with Gasteiger partial charge >= 0.3 is 5.97 Å². The summed E-state index contributed by atoms with van der Waals surface area (Å²) in [4.78, 5) is 16.5. The molecule has 118 valence electrons. The van der Waals surface area contributed by atoms with E-state index in [1.54, 1.807) is 7.11 Å². The lowest BCUT2D eigenvalue weighted by atomic mass is 9.80. The van der Waals surface area contributed by atoms with Crippen LogP contribution in [0.25, 0.3) is 0 Å². The molecule has 1 N–H and O–H groups in total. The minimum Gasteiger partial charge on any atom is -0.465 e. The van der Waals surface area contributed by atoms with E-state index in [-0.39, 0.29) is 11.6 Å². The predicted octanol–water partition coefficient (Wildman–Crippen LogP) is 2.96. The number of esters is 1. The second-order valence-electron chi connectivity index (χ2n) is 5.98. The van der Waals surface area contributed by atoms with Crippen LogP contribution in [-0.4, -0.2) is 36.8 Å². The third-order valence-corrected chi connectivity index (χ3v) is 4.99. The Hall–Kier alpha value is -1.14. The molecule has 1 saturated carbocycles. The predicted molar refractivity (Wildman–Crippen MR) is 83.9 cm³/mol. The largest absolute Gasteiger partial charge is 0.465 e. The summed E-state index contributed by atoms with van der Waals surface area (Å²) in [5.74, 6) is -0.241. The molecule has 0 spiro atoms. The lowest BCUT2D eigenvalue weighted by Gasteiger charge is -2.40. The van der Waals surface area contributed by atoms with Crippen LogP contribution in [0.3, 0.4) is 0 Å². The van der Waals surface area contributed by atoms with Crippen molar-refractivity contribution in [3.8, 4) is 0 Å². The number of hydrogen-bond donors (Lipinski definition) is 1. The van der Waals surface area contributed by atoms with E-state index in [1.807, 2.05) is 26.2 Å². The molecule has 1 aliphatic rings. The van der Waals surface area contributed by atoms with Gasteiger partial charge in [-0.1, -0.05) is 0 Å². The SMILES string of the molecule is CCOC(=O)C(C)(C)c1csc(NCC2(OC)CCC2)n1. The molecular formula is C15H24N2O3S. The monoisotopic (exact) mass is 312 g/mol. The molecule has 1 fully saturated rings. The fraction of sp³-hybridized carbons (Fsp3) is 0.733. The van der Waals surface area contributed by atoms with Crippen molar-refractivity contribution in [3.05, 3.63) is 11.1 Å². The average Bonchev–Trinajstić information content (AvgIpc) is 2.88. The number of thiazole rings is 1. The van der Waals surface area contributed by atoms with Crippen LogP contribution in [-0.2, 0) is 19.7 Å². The number of methoxy groups -OCH3 is 1. The molecule has 1 heterocycles. The Labute approximate surface area is 130 Å². The van der Waals surface area contributed by atoms with E-state index in [0.717, 1.165) is 30.2 Å². The Morgan fingerprint density at radius 2 is 2.24 bits per heavy atom. The number of aromatic nitrogens is 1. The highest BCUT2D eigenvalue weighted by Gasteiger charge is 2.37. The van der Waals surface area contributed by atoms with E-state index in [4.69, 9.17) is 9.47 Å². The number of nitrogens with zero attached hydrogens (tertiary/aromatic N) is 1. The standard InChI is InChI=1S/C15H24N2O3S/c1-5-20-12(18)14(2,3)11-9-21-13(17-11)16-10-15(19-4)7-6-8-15/h9H,5-8,10H2,1-4H3,(H,16,17). The van der Waals surface area contributed by atoms with Crippen molar-refractivity contribution >= 4 is 22.4 Å². The average molecular weight is 312 g/mol. The summed E-state index contributed by atoms with van der Waals surface area (Å²) in [6, 6.07) is 0. The first kappa shape index (κ1) is 16.2. The Morgan fingerprint density at radius 3 is 2.76 bits per heavy atom. The highest BCUT2D eigenvalue weighted by molar-refractivity contribution is 7.13. The Kier molecular flexibility index (Phi) is 4.88. The van der Waals surface area contributed by atoms with Crippen molar-refractivity contribution < 1.29 is 14.3 Å². The minimum absolute atomic E-state index is 0.0392. The normalized spacial score (nSPS) is 17.1. The van der Waals surface area contributed by atoms with E-state index in [2.05, 4.69) is 10.3 Å². The van der Waals surface area contributed by atoms with Crippen LogP contribution in [0.15, 0.2) is 5.38 Å². The van der Waals surface area contributed by atoms with Gasteiger partial charge in [-0.05, 0) is 40.0 Å². The van der Waals surface area contributed by atoms with Gasteiger partial charge in [0, 0.05) is 19.0 Å². The second kappa shape index (κ2) is 6.32. The summed E-state index contributed by atoms with van der Waals surface area (Å²) in [5.41, 5.74) is -0.0156. The molecule has 1 aliphatic carbocycles. The molecule has 1 aromatic heterocycles. The van der Waals surface area contributed by atoms with Crippen LogP contribution in [0.2, 0.25) is 0 Å². The van der Waals surface area contributed by atoms with E-state index in [0.29, 0.717) is 6.61 Å². The van der Waals surface area contributed by atoms with E-state index in [1.165, 1.54) is 17.8 Å². The molecule has 0 radical (unpaired) electrons. The van der Waals surface area contributed by atoms with Crippen LogP contribution < -0.4 is 5.32 Å². The fourth-order valence-electron chi connectivity index (χ4n) is 2.32. The molecule has 2 rings (SSSR count). The number of nitrogens with one attached hydrogen (secondary N) is 1. The highest BCUT2D eigenvalue weighted by atomic mass is 32.1. The van der Waals surface area contributed by atoms with E-state index >= 15 is 0 Å². The summed E-state index contributed by atoms with van der Waals surface area (Å²) >= 11 is 1.51. The van der Waals surface area contributed by atoms with Gasteiger partial charge < -0.3 is 14.8 Å². The lowest BCUT2D eigenvalue weighted by molar-refractivity contribution is -0.148. The van der Waals surface area contributed by atoms with Gasteiger partial charge in [0.2, 0.25) is 0 Å². The van der Waals surface area contributed by atoms with Crippen LogP contribution in [0.1, 0.15) is 45.7 Å². The summed E-state index contributed by atoms with van der Waals surface area (Å²) in [5, 5.41) is 6.07. The van der Waals surface area contributed by atoms with E-state index in [9.17, 15) is 4.79 Å². The van der Waals surface area contributed by atoms with Gasteiger partial charge in [0.15, 0.2) is 5.13 Å². The zero-order valence-electron chi connectivity index (χ0n) is 13.2. The first-order valence-corrected chi connectivity index (χ1v) is 8.24. The molecule has 0 amide bonds. The molecule has 6 heteroatoms. The third-order valence-electron chi connectivity index (χ3n) is 4.19. The summed E-state index contributed by atoms with van der Waals surface area (Å²) in [6.45, 7) is 6.63. The maximum atomic E-state index is 12.0. The number of rotatable bonds is 7. The minimum atomic E-state index is -0.720. The molecular weight excluding hydrogens is 288 g/mol. The van der Waals surface area contributed by atoms with Crippen molar-refractivity contribution in [2.75, 3.05) is 25.6 Å². The number of ether oxygens (including phenoxy) is 2. The zero-order chi connectivity index (χ0) is 15.5. The Balaban J connectivity index is 1.99. The first-order valence-electron chi connectivity index (χ1n) is 7.36. The summed E-state index contributed by atoms with van der Waals surface area (Å²) in [7, 11) is 1.76. The van der Waals surface area contributed by atoms with Crippen LogP contribution in [0, 0.1) is 0 Å². The van der Waals surface area contributed by atoms with Gasteiger partial charge in [0.25, 0.3) is 0 Å². The first-order chi connectivity index (χ1) is 9.93. The molecule has 1 aromatic rings. The molecule has 0 bridgehead atoms. The second-order valence-corrected chi connectivity index (χ2v) is 6.84. The van der Waals surface area contributed by atoms with Gasteiger partial charge in [0.05, 0.1) is 17.9 Å². The molecule has 0 unspecified atom stereocenters. The lowest BCUT2D eigenvalue weighted by Crippen LogP contribution is -2.45. The molecule has 21 heavy (non-hydrogen) atoms. The van der Waals surface area contributed by atoms with Crippen molar-refractivity contribution in [2.45, 2.75) is 51.0 Å². The Morgan fingerprint density at radius 1 is 1.52 bits per heavy atom. The van der Waals surface area contributed by atoms with Crippen LogP contribution in [0.4, 0.5) is 5.13 Å². The van der Waals surface area contributed by atoms with E-state index < -0.39 is 5.41 Å². The molecule has 0 atom stereocenters. The number of anilines is 1. The van der Waals surface area contributed by atoms with Crippen molar-refractivity contribution in [3.63, 3.8) is 0 Å². The van der Waals surface area contributed by atoms with Gasteiger partial charge in [-0.2, -0.15) is 0 Å². The zero-order valence-corrected chi connectivity index (χ0v) is 14.0. The fourth-order valence-corrected chi connectivity index (χ4v) is 3.20. The number of hydrogen-bond acceptors (Lipinski definition) is 6. The van der Waals surface area contributed by atoms with Gasteiger partial charge in [-0.15, -0.1) is 11.3 Å².